The second kappa shape index (κ2) is 8.91. The second-order valence-electron chi connectivity index (χ2n) is 7.39. The van der Waals surface area contributed by atoms with Gasteiger partial charge in [-0.1, -0.05) is 18.2 Å². The SMILES string of the molecule is CCN(C)C=Nc1cc(C)c(C(=O)N2CCN(c3ccccc3)CC2)cc1C. The highest BCUT2D eigenvalue weighted by Gasteiger charge is 2.23. The molecule has 1 aliphatic heterocycles. The lowest BCUT2D eigenvalue weighted by Crippen LogP contribution is -2.48. The highest BCUT2D eigenvalue weighted by Crippen LogP contribution is 2.25. The summed E-state index contributed by atoms with van der Waals surface area (Å²) >= 11 is 0. The third-order valence-electron chi connectivity index (χ3n) is 5.35. The molecule has 1 heterocycles. The van der Waals surface area contributed by atoms with Crippen LogP contribution in [0.5, 0.6) is 0 Å². The van der Waals surface area contributed by atoms with Crippen LogP contribution in [0.1, 0.15) is 28.4 Å². The molecule has 2 aromatic carbocycles. The highest BCUT2D eigenvalue weighted by atomic mass is 16.2. The van der Waals surface area contributed by atoms with Crippen LogP contribution in [-0.2, 0) is 0 Å². The van der Waals surface area contributed by atoms with Crippen LogP contribution in [-0.4, -0.2) is 61.8 Å². The maximum absolute atomic E-state index is 13.1. The van der Waals surface area contributed by atoms with Crippen molar-refractivity contribution in [2.24, 2.45) is 4.99 Å². The minimum absolute atomic E-state index is 0.120. The van der Waals surface area contributed by atoms with Gasteiger partial charge < -0.3 is 14.7 Å². The van der Waals surface area contributed by atoms with Gasteiger partial charge in [0.2, 0.25) is 0 Å². The molecule has 0 radical (unpaired) electrons. The lowest BCUT2D eigenvalue weighted by atomic mass is 10.0. The lowest BCUT2D eigenvalue weighted by molar-refractivity contribution is 0.0746. The number of carbonyl (C=O) groups is 1. The normalized spacial score (nSPS) is 14.6. The minimum atomic E-state index is 0.120. The predicted molar refractivity (Wildman–Crippen MR) is 117 cm³/mol. The molecule has 28 heavy (non-hydrogen) atoms. The molecule has 0 saturated carbocycles. The molecule has 0 atom stereocenters. The number of benzene rings is 2. The van der Waals surface area contributed by atoms with Gasteiger partial charge in [0.15, 0.2) is 0 Å². The fourth-order valence-electron chi connectivity index (χ4n) is 3.39. The Morgan fingerprint density at radius 2 is 1.75 bits per heavy atom. The van der Waals surface area contributed by atoms with E-state index in [0.29, 0.717) is 0 Å². The predicted octanol–water partition coefficient (Wildman–Crippen LogP) is 3.88. The summed E-state index contributed by atoms with van der Waals surface area (Å²) in [5, 5.41) is 0. The number of aryl methyl sites for hydroxylation is 2. The van der Waals surface area contributed by atoms with E-state index in [4.69, 9.17) is 0 Å². The zero-order valence-electron chi connectivity index (χ0n) is 17.4. The van der Waals surface area contributed by atoms with Crippen molar-refractivity contribution in [1.29, 1.82) is 0 Å². The number of rotatable bonds is 5. The molecule has 148 valence electrons. The van der Waals surface area contributed by atoms with Crippen LogP contribution in [0.3, 0.4) is 0 Å². The molecule has 0 spiro atoms. The molecule has 3 rings (SSSR count). The molecule has 0 aromatic heterocycles. The van der Waals surface area contributed by atoms with Gasteiger partial charge in [0.25, 0.3) is 5.91 Å². The first-order valence-electron chi connectivity index (χ1n) is 9.94. The molecule has 0 N–H and O–H groups in total. The standard InChI is InChI=1S/C23H30N4O/c1-5-25(4)17-24-22-16-18(2)21(15-19(22)3)23(28)27-13-11-26(12-14-27)20-9-7-6-8-10-20/h6-10,15-17H,5,11-14H2,1-4H3. The summed E-state index contributed by atoms with van der Waals surface area (Å²) in [6.45, 7) is 10.2. The van der Waals surface area contributed by atoms with Gasteiger partial charge in [-0.3, -0.25) is 4.79 Å². The number of aliphatic imine (C=N–C) groups is 1. The van der Waals surface area contributed by atoms with Gasteiger partial charge in [-0.15, -0.1) is 0 Å². The maximum atomic E-state index is 13.1. The second-order valence-corrected chi connectivity index (χ2v) is 7.39. The molecule has 0 bridgehead atoms. The first kappa shape index (κ1) is 19.9. The summed E-state index contributed by atoms with van der Waals surface area (Å²) in [6, 6.07) is 14.4. The summed E-state index contributed by atoms with van der Waals surface area (Å²) in [5.74, 6) is 0.120. The summed E-state index contributed by atoms with van der Waals surface area (Å²) in [4.78, 5) is 24.0. The van der Waals surface area contributed by atoms with Gasteiger partial charge in [0.05, 0.1) is 12.0 Å². The van der Waals surface area contributed by atoms with Crippen LogP contribution in [0.15, 0.2) is 47.5 Å². The lowest BCUT2D eigenvalue weighted by Gasteiger charge is -2.36. The monoisotopic (exact) mass is 378 g/mol. The van der Waals surface area contributed by atoms with Gasteiger partial charge >= 0.3 is 0 Å². The quantitative estimate of drug-likeness (QED) is 0.585. The van der Waals surface area contributed by atoms with Crippen molar-refractivity contribution in [2.45, 2.75) is 20.8 Å². The Morgan fingerprint density at radius 1 is 1.07 bits per heavy atom. The van der Waals surface area contributed by atoms with Crippen molar-refractivity contribution in [1.82, 2.24) is 9.80 Å². The Balaban J connectivity index is 1.69. The number of amides is 1. The Hall–Kier alpha value is -2.82. The summed E-state index contributed by atoms with van der Waals surface area (Å²) in [7, 11) is 2.00. The van der Waals surface area contributed by atoms with Crippen LogP contribution in [0.2, 0.25) is 0 Å². The fraction of sp³-hybridized carbons (Fsp3) is 0.391. The molecule has 5 nitrogen and oxygen atoms in total. The van der Waals surface area contributed by atoms with E-state index in [2.05, 4.69) is 41.1 Å². The van der Waals surface area contributed by atoms with E-state index in [0.717, 1.165) is 55.1 Å². The van der Waals surface area contributed by atoms with E-state index >= 15 is 0 Å². The van der Waals surface area contributed by atoms with Crippen LogP contribution < -0.4 is 4.90 Å². The van der Waals surface area contributed by atoms with Crippen molar-refractivity contribution in [3.05, 3.63) is 59.2 Å². The van der Waals surface area contributed by atoms with Crippen LogP contribution in [0.4, 0.5) is 11.4 Å². The topological polar surface area (TPSA) is 39.2 Å². The number of carbonyl (C=O) groups excluding carboxylic acids is 1. The molecule has 0 aliphatic carbocycles. The van der Waals surface area contributed by atoms with Gasteiger partial charge in [-0.25, -0.2) is 4.99 Å². The number of anilines is 1. The molecule has 5 heteroatoms. The van der Waals surface area contributed by atoms with Gasteiger partial charge in [0.1, 0.15) is 0 Å². The number of para-hydroxylation sites is 1. The number of piperazine rings is 1. The van der Waals surface area contributed by atoms with Gasteiger partial charge in [-0.05, 0) is 56.2 Å². The highest BCUT2D eigenvalue weighted by molar-refractivity contribution is 5.96. The smallest absolute Gasteiger partial charge is 0.254 e. The largest absolute Gasteiger partial charge is 0.368 e. The molecule has 1 fully saturated rings. The summed E-state index contributed by atoms with van der Waals surface area (Å²) < 4.78 is 0. The summed E-state index contributed by atoms with van der Waals surface area (Å²) in [5.41, 5.74) is 4.93. The minimum Gasteiger partial charge on any atom is -0.368 e. The molecule has 1 aliphatic rings. The van der Waals surface area contributed by atoms with E-state index in [9.17, 15) is 4.79 Å². The zero-order valence-corrected chi connectivity index (χ0v) is 17.4. The van der Waals surface area contributed by atoms with Crippen LogP contribution >= 0.6 is 0 Å². The third-order valence-corrected chi connectivity index (χ3v) is 5.35. The molecule has 1 amide bonds. The van der Waals surface area contributed by atoms with Crippen molar-refractivity contribution in [2.75, 3.05) is 44.7 Å². The number of hydrogen-bond donors (Lipinski definition) is 0. The Morgan fingerprint density at radius 3 is 2.39 bits per heavy atom. The fourth-order valence-corrected chi connectivity index (χ4v) is 3.39. The average Bonchev–Trinajstić information content (AvgIpc) is 2.74. The summed E-state index contributed by atoms with van der Waals surface area (Å²) in [6.07, 6.45) is 1.84. The van der Waals surface area contributed by atoms with Crippen molar-refractivity contribution in [3.63, 3.8) is 0 Å². The first-order valence-corrected chi connectivity index (χ1v) is 9.94. The molecular formula is C23H30N4O. The van der Waals surface area contributed by atoms with E-state index in [-0.39, 0.29) is 5.91 Å². The average molecular weight is 379 g/mol. The maximum Gasteiger partial charge on any atom is 0.254 e. The van der Waals surface area contributed by atoms with Crippen molar-refractivity contribution < 1.29 is 4.79 Å². The molecule has 2 aromatic rings. The van der Waals surface area contributed by atoms with Gasteiger partial charge in [-0.2, -0.15) is 0 Å². The molecule has 1 saturated heterocycles. The molecular weight excluding hydrogens is 348 g/mol. The van der Waals surface area contributed by atoms with Crippen molar-refractivity contribution >= 4 is 23.6 Å². The Bertz CT molecular complexity index is 839. The number of hydrogen-bond acceptors (Lipinski definition) is 3. The zero-order chi connectivity index (χ0) is 20.1. The van der Waals surface area contributed by atoms with Gasteiger partial charge in [0, 0.05) is 51.0 Å². The van der Waals surface area contributed by atoms with E-state index < -0.39 is 0 Å². The number of nitrogens with zero attached hydrogens (tertiary/aromatic N) is 4. The Kier molecular flexibility index (Phi) is 6.34. The third kappa shape index (κ3) is 4.53. The first-order chi connectivity index (χ1) is 13.5. The molecule has 0 unspecified atom stereocenters. The van der Waals surface area contributed by atoms with E-state index in [1.165, 1.54) is 5.69 Å². The van der Waals surface area contributed by atoms with Crippen molar-refractivity contribution in [3.8, 4) is 0 Å². The van der Waals surface area contributed by atoms with E-state index in [1.54, 1.807) is 0 Å². The Labute approximate surface area is 168 Å². The van der Waals surface area contributed by atoms with Crippen LogP contribution in [0.25, 0.3) is 0 Å². The van der Waals surface area contributed by atoms with Crippen LogP contribution in [0, 0.1) is 13.8 Å². The van der Waals surface area contributed by atoms with E-state index in [1.807, 2.05) is 55.2 Å².